The van der Waals surface area contributed by atoms with Gasteiger partial charge in [0.05, 0.1) is 0 Å². The number of hydrogen-bond acceptors (Lipinski definition) is 1. The number of nitrogens with one attached hydrogen (secondary N) is 1. The van der Waals surface area contributed by atoms with E-state index in [1.165, 1.54) is 24.0 Å². The summed E-state index contributed by atoms with van der Waals surface area (Å²) < 4.78 is 6.60. The third-order valence-corrected chi connectivity index (χ3v) is 7.98. The average Bonchev–Trinajstić information content (AvgIpc) is 2.18. The van der Waals surface area contributed by atoms with Crippen LogP contribution in [0.2, 0.25) is 9.26 Å². The van der Waals surface area contributed by atoms with Gasteiger partial charge < -0.3 is 5.32 Å². The zero-order chi connectivity index (χ0) is 12.6. The largest absolute Gasteiger partial charge is 0.323 e. The summed E-state index contributed by atoms with van der Waals surface area (Å²) in [5, 5.41) is 2.75. The molecule has 0 aliphatic carbocycles. The van der Waals surface area contributed by atoms with Crippen molar-refractivity contribution in [3.63, 3.8) is 0 Å². The minimum atomic E-state index is -1.20. The Morgan fingerprint density at radius 3 is 2.12 bits per heavy atom. The number of benzene rings is 1. The Balaban J connectivity index is 0.000000673. The third-order valence-electron chi connectivity index (χ3n) is 2.28. The molecule has 0 saturated heterocycles. The van der Waals surface area contributed by atoms with E-state index in [0.717, 1.165) is 0 Å². The molecule has 1 aromatic rings. The van der Waals surface area contributed by atoms with E-state index in [2.05, 4.69) is 46.6 Å². The maximum atomic E-state index is 2.75. The summed E-state index contributed by atoms with van der Waals surface area (Å²) >= 11 is -1.20. The van der Waals surface area contributed by atoms with Crippen LogP contribution in [0.1, 0.15) is 24.5 Å². The first-order valence-electron chi connectivity index (χ1n) is 5.92. The van der Waals surface area contributed by atoms with Crippen LogP contribution in [-0.2, 0) is 6.42 Å². The van der Waals surface area contributed by atoms with E-state index in [4.69, 9.17) is 0 Å². The molecule has 16 heavy (non-hydrogen) atoms. The minimum absolute atomic E-state index is 1.20. The first kappa shape index (κ1) is 16.1. The average molecular weight is 417 g/mol. The normalized spacial score (nSPS) is 9.94. The molecule has 92 valence electrons. The molecule has 1 aromatic carbocycles. The predicted molar refractivity (Wildman–Crippen MR) is 77.3 cm³/mol. The molecule has 0 atom stereocenters. The number of rotatable bonds is 3. The van der Waals surface area contributed by atoms with E-state index >= 15 is 0 Å². The van der Waals surface area contributed by atoms with Gasteiger partial charge in [0.2, 0.25) is 0 Å². The van der Waals surface area contributed by atoms with E-state index in [0.29, 0.717) is 0 Å². The van der Waals surface area contributed by atoms with Crippen LogP contribution in [0.5, 0.6) is 0 Å². The van der Waals surface area contributed by atoms with Gasteiger partial charge in [-0.2, -0.15) is 0 Å². The summed E-state index contributed by atoms with van der Waals surface area (Å²) in [7, 11) is 3.75. The topological polar surface area (TPSA) is 12.0 Å². The van der Waals surface area contributed by atoms with Gasteiger partial charge in [0, 0.05) is 0 Å². The second-order valence-electron chi connectivity index (χ2n) is 4.27. The van der Waals surface area contributed by atoms with Crippen molar-refractivity contribution in [2.45, 2.75) is 36.0 Å². The summed E-state index contributed by atoms with van der Waals surface area (Å²) in [4.78, 5) is 0. The molecule has 1 rings (SSSR count). The molecule has 0 aliphatic heterocycles. The molecule has 0 saturated carbocycles. The zero-order valence-corrected chi connectivity index (χ0v) is 15.1. The molecule has 0 fully saturated rings. The predicted octanol–water partition coefficient (Wildman–Crippen LogP) is 2.74. The van der Waals surface area contributed by atoms with Crippen molar-refractivity contribution in [2.75, 3.05) is 14.1 Å². The maximum absolute atomic E-state index is 2.75. The number of hydrogen-bond donors (Lipinski definition) is 1. The third kappa shape index (κ3) is 5.96. The van der Waals surface area contributed by atoms with Gasteiger partial charge in [-0.25, -0.2) is 0 Å². The monoisotopic (exact) mass is 417 g/mol. The van der Waals surface area contributed by atoms with Gasteiger partial charge in [-0.1, -0.05) is 0 Å². The fraction of sp³-hybridized carbons (Fsp3) is 0.571. The quantitative estimate of drug-likeness (QED) is 0.746. The van der Waals surface area contributed by atoms with Gasteiger partial charge in [-0.3, -0.25) is 0 Å². The van der Waals surface area contributed by atoms with Crippen LogP contribution >= 0.6 is 0 Å². The Morgan fingerprint density at radius 2 is 1.75 bits per heavy atom. The first-order chi connectivity index (χ1) is 7.56. The molecule has 0 aromatic heterocycles. The second-order valence-corrected chi connectivity index (χ2v) is 13.1. The van der Waals surface area contributed by atoms with Crippen molar-refractivity contribution in [3.8, 4) is 0 Å². The van der Waals surface area contributed by atoms with E-state index < -0.39 is 21.8 Å². The first-order valence-corrected chi connectivity index (χ1v) is 14.6. The zero-order valence-electron chi connectivity index (χ0n) is 11.6. The van der Waals surface area contributed by atoms with Crippen LogP contribution in [0.4, 0.5) is 0 Å². The van der Waals surface area contributed by atoms with Gasteiger partial charge >= 0.3 is 90.3 Å². The molecule has 0 amide bonds. The molecule has 0 heterocycles. The number of aryl methyl sites for hydroxylation is 2. The van der Waals surface area contributed by atoms with Gasteiger partial charge in [0.1, 0.15) is 0 Å². The second kappa shape index (κ2) is 9.13. The summed E-state index contributed by atoms with van der Waals surface area (Å²) in [6.07, 6.45) is 2.48. The SMILES string of the molecule is CCCc1cc[c]([Bi]([CH3])[CH3])c(C)c1.CNC. The van der Waals surface area contributed by atoms with Crippen molar-refractivity contribution in [3.05, 3.63) is 29.3 Å². The van der Waals surface area contributed by atoms with Crippen LogP contribution in [-0.4, -0.2) is 35.8 Å². The minimum Gasteiger partial charge on any atom is -0.323 e. The maximum Gasteiger partial charge on any atom is -0.0167 e. The summed E-state index contributed by atoms with van der Waals surface area (Å²) in [6.45, 7) is 4.51. The Hall–Kier alpha value is 0.0631. The van der Waals surface area contributed by atoms with Crippen molar-refractivity contribution in [1.29, 1.82) is 0 Å². The Bertz CT molecular complexity index is 295. The van der Waals surface area contributed by atoms with Gasteiger partial charge in [-0.15, -0.1) is 0 Å². The van der Waals surface area contributed by atoms with Crippen molar-refractivity contribution < 1.29 is 0 Å². The standard InChI is InChI=1S/C10H13.C2H7N.2CH3.Bi/c1-3-5-10-7-4-6-9(2)8-10;1-3-2;;;/h4,7-8H,3,5H2,1-2H3;3H,1-2H3;2*1H3;. The molecule has 0 aliphatic rings. The van der Waals surface area contributed by atoms with Crippen molar-refractivity contribution in [2.24, 2.45) is 0 Å². The van der Waals surface area contributed by atoms with E-state index in [1.54, 1.807) is 3.27 Å². The Labute approximate surface area is 109 Å². The Morgan fingerprint density at radius 1 is 1.19 bits per heavy atom. The summed E-state index contributed by atoms with van der Waals surface area (Å²) in [5.41, 5.74) is 3.04. The van der Waals surface area contributed by atoms with Gasteiger partial charge in [0.15, 0.2) is 0 Å². The smallest absolute Gasteiger partial charge is 0.0167 e. The molecule has 0 bridgehead atoms. The van der Waals surface area contributed by atoms with E-state index in [9.17, 15) is 0 Å². The fourth-order valence-electron chi connectivity index (χ4n) is 1.66. The van der Waals surface area contributed by atoms with Crippen molar-refractivity contribution >= 4 is 25.0 Å². The Kier molecular flexibility index (Phi) is 9.17. The summed E-state index contributed by atoms with van der Waals surface area (Å²) in [5.74, 6) is 0. The molecular formula is C14H26BiN. The van der Waals surface area contributed by atoms with Crippen LogP contribution in [0, 0.1) is 6.92 Å². The molecule has 1 nitrogen and oxygen atoms in total. The van der Waals surface area contributed by atoms with Crippen molar-refractivity contribution in [1.82, 2.24) is 5.32 Å². The van der Waals surface area contributed by atoms with Gasteiger partial charge in [0.25, 0.3) is 0 Å². The summed E-state index contributed by atoms with van der Waals surface area (Å²) in [6, 6.07) is 7.08. The molecule has 0 unspecified atom stereocenters. The molecule has 0 radical (unpaired) electrons. The molecule has 2 heteroatoms. The van der Waals surface area contributed by atoms with Crippen LogP contribution < -0.4 is 8.59 Å². The molecule has 0 spiro atoms. The van der Waals surface area contributed by atoms with Crippen LogP contribution in [0.25, 0.3) is 0 Å². The van der Waals surface area contributed by atoms with Crippen LogP contribution in [0.15, 0.2) is 18.2 Å². The van der Waals surface area contributed by atoms with Crippen LogP contribution in [0.3, 0.4) is 0 Å². The van der Waals surface area contributed by atoms with E-state index in [1.807, 2.05) is 14.1 Å². The molecular weight excluding hydrogens is 391 g/mol. The van der Waals surface area contributed by atoms with E-state index in [-0.39, 0.29) is 0 Å². The molecule has 1 N–H and O–H groups in total. The van der Waals surface area contributed by atoms with Gasteiger partial charge in [-0.05, 0) is 14.1 Å². The fourth-order valence-corrected chi connectivity index (χ4v) is 6.11.